The highest BCUT2D eigenvalue weighted by Gasteiger charge is 2.10. The second-order valence-corrected chi connectivity index (χ2v) is 6.18. The van der Waals surface area contributed by atoms with Crippen molar-refractivity contribution in [3.8, 4) is 0 Å². The van der Waals surface area contributed by atoms with Crippen LogP contribution in [0, 0.1) is 5.82 Å². The van der Waals surface area contributed by atoms with Crippen LogP contribution >= 0.6 is 11.6 Å². The van der Waals surface area contributed by atoms with Gasteiger partial charge in [-0.3, -0.25) is 9.59 Å². The summed E-state index contributed by atoms with van der Waals surface area (Å²) in [5.41, 5.74) is 1.70. The van der Waals surface area contributed by atoms with E-state index in [0.717, 1.165) is 0 Å². The molecule has 1 heterocycles. The van der Waals surface area contributed by atoms with E-state index < -0.39 is 11.7 Å². The predicted molar refractivity (Wildman–Crippen MR) is 105 cm³/mol. The third-order valence-corrected chi connectivity index (χ3v) is 3.82. The van der Waals surface area contributed by atoms with E-state index >= 15 is 0 Å². The van der Waals surface area contributed by atoms with Gasteiger partial charge < -0.3 is 16.0 Å². The van der Waals surface area contributed by atoms with Crippen molar-refractivity contribution in [1.29, 1.82) is 0 Å². The number of carbonyl (C=O) groups is 2. The van der Waals surface area contributed by atoms with Gasteiger partial charge in [-0.1, -0.05) is 17.7 Å². The standard InChI is InChI=1S/C19H15ClFN5O2/c1-11(27)22-12-3-2-4-13(9-12)24-19(28)17-7-8-18(26-25-17)23-14-5-6-16(21)15(20)10-14/h2-10H,1H3,(H,22,27)(H,23,26)(H,24,28). The number of nitrogens with zero attached hydrogens (tertiary/aromatic N) is 2. The van der Waals surface area contributed by atoms with E-state index in [4.69, 9.17) is 11.6 Å². The monoisotopic (exact) mass is 399 g/mol. The molecule has 0 aliphatic heterocycles. The molecule has 0 aliphatic rings. The zero-order valence-electron chi connectivity index (χ0n) is 14.7. The van der Waals surface area contributed by atoms with Gasteiger partial charge in [0.15, 0.2) is 11.5 Å². The van der Waals surface area contributed by atoms with E-state index in [1.54, 1.807) is 30.3 Å². The smallest absolute Gasteiger partial charge is 0.276 e. The molecule has 2 aromatic carbocycles. The van der Waals surface area contributed by atoms with Crippen LogP contribution in [0.3, 0.4) is 0 Å². The molecule has 0 spiro atoms. The first kappa shape index (κ1) is 19.2. The maximum atomic E-state index is 13.2. The molecule has 3 rings (SSSR count). The van der Waals surface area contributed by atoms with Gasteiger partial charge in [0, 0.05) is 24.0 Å². The van der Waals surface area contributed by atoms with Crippen molar-refractivity contribution >= 4 is 46.3 Å². The highest BCUT2D eigenvalue weighted by atomic mass is 35.5. The van der Waals surface area contributed by atoms with E-state index in [9.17, 15) is 14.0 Å². The number of benzene rings is 2. The van der Waals surface area contributed by atoms with Gasteiger partial charge in [0.25, 0.3) is 5.91 Å². The predicted octanol–water partition coefficient (Wildman–Crippen LogP) is 4.22. The maximum Gasteiger partial charge on any atom is 0.276 e. The van der Waals surface area contributed by atoms with Crippen molar-refractivity contribution in [3.63, 3.8) is 0 Å². The molecule has 1 aromatic heterocycles. The molecule has 0 aliphatic carbocycles. The first-order valence-electron chi connectivity index (χ1n) is 8.15. The third-order valence-electron chi connectivity index (χ3n) is 3.53. The number of halogens is 2. The summed E-state index contributed by atoms with van der Waals surface area (Å²) >= 11 is 5.74. The zero-order valence-corrected chi connectivity index (χ0v) is 15.4. The largest absolute Gasteiger partial charge is 0.339 e. The number of hydrogen-bond acceptors (Lipinski definition) is 5. The summed E-state index contributed by atoms with van der Waals surface area (Å²) in [6.07, 6.45) is 0. The average Bonchev–Trinajstić information content (AvgIpc) is 2.65. The Morgan fingerprint density at radius 2 is 1.68 bits per heavy atom. The van der Waals surface area contributed by atoms with Gasteiger partial charge in [0.2, 0.25) is 5.91 Å². The maximum absolute atomic E-state index is 13.2. The number of anilines is 4. The van der Waals surface area contributed by atoms with Crippen LogP contribution < -0.4 is 16.0 Å². The van der Waals surface area contributed by atoms with E-state index in [1.165, 1.54) is 31.2 Å². The molecule has 28 heavy (non-hydrogen) atoms. The molecule has 0 bridgehead atoms. The first-order valence-corrected chi connectivity index (χ1v) is 8.53. The highest BCUT2D eigenvalue weighted by Crippen LogP contribution is 2.22. The third kappa shape index (κ3) is 5.01. The summed E-state index contributed by atoms with van der Waals surface area (Å²) in [5, 5.41) is 16.0. The molecule has 3 aromatic rings. The van der Waals surface area contributed by atoms with Crippen molar-refractivity contribution in [3.05, 3.63) is 71.1 Å². The van der Waals surface area contributed by atoms with Gasteiger partial charge in [-0.15, -0.1) is 10.2 Å². The second kappa shape index (κ2) is 8.45. The van der Waals surface area contributed by atoms with Gasteiger partial charge >= 0.3 is 0 Å². The van der Waals surface area contributed by atoms with Gasteiger partial charge in [0.1, 0.15) is 5.82 Å². The van der Waals surface area contributed by atoms with Gasteiger partial charge in [0.05, 0.1) is 5.02 Å². The van der Waals surface area contributed by atoms with Gasteiger partial charge in [-0.2, -0.15) is 0 Å². The van der Waals surface area contributed by atoms with Crippen LogP contribution in [0.15, 0.2) is 54.6 Å². The number of carbonyl (C=O) groups excluding carboxylic acids is 2. The summed E-state index contributed by atoms with van der Waals surface area (Å²) < 4.78 is 13.2. The molecule has 0 fully saturated rings. The van der Waals surface area contributed by atoms with Crippen molar-refractivity contribution in [2.45, 2.75) is 6.92 Å². The molecular formula is C19H15ClFN5O2. The average molecular weight is 400 g/mol. The Bertz CT molecular complexity index is 1030. The Labute approximate surface area is 164 Å². The van der Waals surface area contributed by atoms with Crippen molar-refractivity contribution in [2.24, 2.45) is 0 Å². The molecule has 0 atom stereocenters. The Morgan fingerprint density at radius 1 is 0.929 bits per heavy atom. The topological polar surface area (TPSA) is 96.0 Å². The van der Waals surface area contributed by atoms with Crippen LogP contribution in [0.25, 0.3) is 0 Å². The molecule has 7 nitrogen and oxygen atoms in total. The fraction of sp³-hybridized carbons (Fsp3) is 0.0526. The van der Waals surface area contributed by atoms with Crippen LogP contribution in [0.2, 0.25) is 5.02 Å². The van der Waals surface area contributed by atoms with E-state index in [0.29, 0.717) is 22.9 Å². The van der Waals surface area contributed by atoms with Crippen LogP contribution in [0.5, 0.6) is 0 Å². The lowest BCUT2D eigenvalue weighted by atomic mass is 10.2. The number of nitrogens with one attached hydrogen (secondary N) is 3. The Kier molecular flexibility index (Phi) is 5.81. The molecule has 0 saturated heterocycles. The lowest BCUT2D eigenvalue weighted by molar-refractivity contribution is -0.114. The highest BCUT2D eigenvalue weighted by molar-refractivity contribution is 6.31. The summed E-state index contributed by atoms with van der Waals surface area (Å²) in [6.45, 7) is 1.40. The Hall–Kier alpha value is -3.52. The normalized spacial score (nSPS) is 10.2. The summed E-state index contributed by atoms with van der Waals surface area (Å²) in [7, 11) is 0. The van der Waals surface area contributed by atoms with Crippen LogP contribution in [-0.4, -0.2) is 22.0 Å². The van der Waals surface area contributed by atoms with Gasteiger partial charge in [-0.25, -0.2) is 4.39 Å². The minimum atomic E-state index is -0.520. The number of aromatic nitrogens is 2. The Balaban J connectivity index is 1.66. The van der Waals surface area contributed by atoms with Crippen LogP contribution in [0.1, 0.15) is 17.4 Å². The molecule has 3 N–H and O–H groups in total. The van der Waals surface area contributed by atoms with E-state index in [-0.39, 0.29) is 16.6 Å². The number of hydrogen-bond donors (Lipinski definition) is 3. The molecule has 142 valence electrons. The quantitative estimate of drug-likeness (QED) is 0.596. The zero-order chi connectivity index (χ0) is 20.1. The minimum Gasteiger partial charge on any atom is -0.339 e. The number of amides is 2. The summed E-state index contributed by atoms with van der Waals surface area (Å²) in [6, 6.07) is 13.9. The molecule has 9 heteroatoms. The molecular weight excluding hydrogens is 385 g/mol. The molecule has 0 saturated carbocycles. The molecule has 2 amide bonds. The van der Waals surface area contributed by atoms with Crippen molar-refractivity contribution in [2.75, 3.05) is 16.0 Å². The first-order chi connectivity index (χ1) is 13.4. The molecule has 0 unspecified atom stereocenters. The van der Waals surface area contributed by atoms with Crippen LogP contribution in [0.4, 0.5) is 27.3 Å². The summed E-state index contributed by atoms with van der Waals surface area (Å²) in [4.78, 5) is 23.4. The minimum absolute atomic E-state index is 0.0181. The second-order valence-electron chi connectivity index (χ2n) is 5.77. The lowest BCUT2D eigenvalue weighted by Gasteiger charge is -2.08. The fourth-order valence-electron chi connectivity index (χ4n) is 2.31. The molecule has 0 radical (unpaired) electrons. The summed E-state index contributed by atoms with van der Waals surface area (Å²) in [5.74, 6) is -0.816. The fourth-order valence-corrected chi connectivity index (χ4v) is 2.50. The van der Waals surface area contributed by atoms with E-state index in [2.05, 4.69) is 26.1 Å². The Morgan fingerprint density at radius 3 is 2.32 bits per heavy atom. The van der Waals surface area contributed by atoms with Gasteiger partial charge in [-0.05, 0) is 48.5 Å². The lowest BCUT2D eigenvalue weighted by Crippen LogP contribution is -2.15. The van der Waals surface area contributed by atoms with E-state index in [1.807, 2.05) is 0 Å². The SMILES string of the molecule is CC(=O)Nc1cccc(NC(=O)c2ccc(Nc3ccc(F)c(Cl)c3)nn2)c1. The van der Waals surface area contributed by atoms with Crippen molar-refractivity contribution in [1.82, 2.24) is 10.2 Å². The van der Waals surface area contributed by atoms with Crippen LogP contribution in [-0.2, 0) is 4.79 Å². The van der Waals surface area contributed by atoms with Crippen molar-refractivity contribution < 1.29 is 14.0 Å². The number of rotatable bonds is 5.